The molecule has 2 N–H and O–H groups in total. The van der Waals surface area contributed by atoms with Crippen LogP contribution in [-0.2, 0) is 23.6 Å². The smallest absolute Gasteiger partial charge is 0.256 e. The Labute approximate surface area is 178 Å². The number of sulfonamides is 1. The maximum Gasteiger partial charge on any atom is 0.256 e. The first-order valence-electron chi connectivity index (χ1n) is 9.37. The molecule has 4 rings (SSSR count). The molecular formula is C22H19N3O5S. The minimum atomic E-state index is -3.82. The van der Waals surface area contributed by atoms with E-state index in [2.05, 4.69) is 10.0 Å². The van der Waals surface area contributed by atoms with E-state index in [-0.39, 0.29) is 28.3 Å². The fourth-order valence-corrected chi connectivity index (χ4v) is 4.24. The number of benzene rings is 2. The van der Waals surface area contributed by atoms with Gasteiger partial charge < -0.3 is 14.3 Å². The number of hydrogen-bond acceptors (Lipinski definition) is 5. The molecule has 2 heterocycles. The summed E-state index contributed by atoms with van der Waals surface area (Å²) in [5.74, 6) is -0.0300. The van der Waals surface area contributed by atoms with Crippen LogP contribution in [0.1, 0.15) is 16.1 Å². The van der Waals surface area contributed by atoms with Crippen LogP contribution >= 0.6 is 0 Å². The molecule has 0 saturated heterocycles. The van der Waals surface area contributed by atoms with Crippen molar-refractivity contribution in [1.29, 1.82) is 0 Å². The largest absolute Gasteiger partial charge is 0.468 e. The van der Waals surface area contributed by atoms with E-state index in [1.54, 1.807) is 49.5 Å². The summed E-state index contributed by atoms with van der Waals surface area (Å²) >= 11 is 0. The van der Waals surface area contributed by atoms with Gasteiger partial charge >= 0.3 is 0 Å². The number of aromatic nitrogens is 1. The summed E-state index contributed by atoms with van der Waals surface area (Å²) in [6.07, 6.45) is 1.46. The topological polar surface area (TPSA) is 110 Å². The van der Waals surface area contributed by atoms with Gasteiger partial charge in [-0.05, 0) is 36.4 Å². The molecule has 0 aliphatic heterocycles. The van der Waals surface area contributed by atoms with Gasteiger partial charge in [0, 0.05) is 24.2 Å². The van der Waals surface area contributed by atoms with Crippen LogP contribution in [0.4, 0.5) is 5.69 Å². The molecule has 0 radical (unpaired) electrons. The van der Waals surface area contributed by atoms with Crippen molar-refractivity contribution in [3.63, 3.8) is 0 Å². The van der Waals surface area contributed by atoms with Gasteiger partial charge in [0.25, 0.3) is 11.5 Å². The first-order chi connectivity index (χ1) is 14.8. The van der Waals surface area contributed by atoms with Crippen LogP contribution < -0.4 is 15.6 Å². The Morgan fingerprint density at radius 3 is 2.61 bits per heavy atom. The van der Waals surface area contributed by atoms with Crippen LogP contribution in [0.25, 0.3) is 10.9 Å². The second kappa shape index (κ2) is 8.21. The fourth-order valence-electron chi connectivity index (χ4n) is 3.20. The summed E-state index contributed by atoms with van der Waals surface area (Å²) in [5.41, 5.74) is 0.805. The second-order valence-electron chi connectivity index (χ2n) is 6.86. The van der Waals surface area contributed by atoms with Crippen LogP contribution in [0.2, 0.25) is 0 Å². The number of carbonyl (C=O) groups excluding carboxylic acids is 1. The Morgan fingerprint density at radius 1 is 1.03 bits per heavy atom. The van der Waals surface area contributed by atoms with E-state index < -0.39 is 15.9 Å². The maximum atomic E-state index is 12.9. The number of furan rings is 1. The maximum absolute atomic E-state index is 12.9. The number of amides is 1. The third-order valence-electron chi connectivity index (χ3n) is 4.82. The second-order valence-corrected chi connectivity index (χ2v) is 8.63. The minimum absolute atomic E-state index is 0.00518. The number of hydrogen-bond donors (Lipinski definition) is 2. The fraction of sp³-hybridized carbons (Fsp3) is 0.0909. The van der Waals surface area contributed by atoms with E-state index in [1.807, 2.05) is 0 Å². The quantitative estimate of drug-likeness (QED) is 0.482. The highest BCUT2D eigenvalue weighted by Gasteiger charge is 2.17. The highest BCUT2D eigenvalue weighted by Crippen LogP contribution is 2.20. The zero-order valence-electron chi connectivity index (χ0n) is 16.5. The van der Waals surface area contributed by atoms with Crippen LogP contribution in [0, 0.1) is 0 Å². The molecule has 2 aromatic heterocycles. The Morgan fingerprint density at radius 2 is 1.84 bits per heavy atom. The number of pyridine rings is 1. The number of para-hydroxylation sites is 1. The van der Waals surface area contributed by atoms with Crippen molar-refractivity contribution in [2.75, 3.05) is 5.32 Å². The molecule has 0 atom stereocenters. The van der Waals surface area contributed by atoms with Gasteiger partial charge in [-0.3, -0.25) is 9.59 Å². The SMILES string of the molecule is Cn1c(=O)cc(C(=O)Nc2cccc(S(=O)(=O)NCc3ccco3)c2)c2ccccc21. The lowest BCUT2D eigenvalue weighted by molar-refractivity contribution is 0.102. The molecule has 8 nitrogen and oxygen atoms in total. The molecule has 0 saturated carbocycles. The Bertz CT molecular complexity index is 1420. The van der Waals surface area contributed by atoms with Crippen molar-refractivity contribution in [2.45, 2.75) is 11.4 Å². The highest BCUT2D eigenvalue weighted by molar-refractivity contribution is 7.89. The number of rotatable bonds is 6. The van der Waals surface area contributed by atoms with Crippen molar-refractivity contribution in [3.05, 3.63) is 94.7 Å². The average molecular weight is 437 g/mol. The molecule has 1 amide bonds. The van der Waals surface area contributed by atoms with Gasteiger partial charge in [0.1, 0.15) is 5.76 Å². The number of fused-ring (bicyclic) bond motifs is 1. The molecular weight excluding hydrogens is 418 g/mol. The van der Waals surface area contributed by atoms with Crippen molar-refractivity contribution in [1.82, 2.24) is 9.29 Å². The Hall–Kier alpha value is -3.69. The predicted octanol–water partition coefficient (Wildman–Crippen LogP) is 2.86. The van der Waals surface area contributed by atoms with Crippen molar-refractivity contribution >= 4 is 32.5 Å². The lowest BCUT2D eigenvalue weighted by atomic mass is 10.1. The number of anilines is 1. The van der Waals surface area contributed by atoms with Gasteiger partial charge in [-0.25, -0.2) is 13.1 Å². The van der Waals surface area contributed by atoms with Gasteiger partial charge in [0.05, 0.1) is 28.8 Å². The van der Waals surface area contributed by atoms with Crippen LogP contribution in [0.5, 0.6) is 0 Å². The third-order valence-corrected chi connectivity index (χ3v) is 6.22. The number of nitrogens with one attached hydrogen (secondary N) is 2. The first kappa shape index (κ1) is 20.6. The summed E-state index contributed by atoms with van der Waals surface area (Å²) in [4.78, 5) is 25.1. The summed E-state index contributed by atoms with van der Waals surface area (Å²) in [7, 11) is -2.19. The standard InChI is InChI=1S/C22H19N3O5S/c1-25-20-10-3-2-9-18(20)19(13-21(25)26)22(27)24-15-6-4-8-17(12-15)31(28,29)23-14-16-7-5-11-30-16/h2-13,23H,14H2,1H3,(H,24,27). The van der Waals surface area contributed by atoms with Crippen molar-refractivity contribution < 1.29 is 17.6 Å². The molecule has 0 fully saturated rings. The summed E-state index contributed by atoms with van der Waals surface area (Å²) < 4.78 is 34.2. The minimum Gasteiger partial charge on any atom is -0.468 e. The normalized spacial score (nSPS) is 11.5. The molecule has 31 heavy (non-hydrogen) atoms. The molecule has 0 aliphatic rings. The number of carbonyl (C=O) groups is 1. The lowest BCUT2D eigenvalue weighted by Gasteiger charge is -2.12. The molecule has 0 unspecified atom stereocenters. The van der Waals surface area contributed by atoms with E-state index in [9.17, 15) is 18.0 Å². The summed E-state index contributed by atoms with van der Waals surface area (Å²) in [6, 6.07) is 17.5. The molecule has 158 valence electrons. The summed E-state index contributed by atoms with van der Waals surface area (Å²) in [5, 5.41) is 3.30. The zero-order valence-corrected chi connectivity index (χ0v) is 17.3. The molecule has 0 bridgehead atoms. The highest BCUT2D eigenvalue weighted by atomic mass is 32.2. The van der Waals surface area contributed by atoms with Gasteiger partial charge in [-0.15, -0.1) is 0 Å². The number of nitrogens with zero attached hydrogens (tertiary/aromatic N) is 1. The first-order valence-corrected chi connectivity index (χ1v) is 10.9. The predicted molar refractivity (Wildman–Crippen MR) is 116 cm³/mol. The van der Waals surface area contributed by atoms with Crippen molar-refractivity contribution in [3.8, 4) is 0 Å². The van der Waals surface area contributed by atoms with Gasteiger partial charge in [-0.1, -0.05) is 24.3 Å². The van der Waals surface area contributed by atoms with Crippen molar-refractivity contribution in [2.24, 2.45) is 7.05 Å². The van der Waals surface area contributed by atoms with Gasteiger partial charge in [0.2, 0.25) is 10.0 Å². The molecule has 2 aromatic carbocycles. The average Bonchev–Trinajstić information content (AvgIpc) is 3.29. The third kappa shape index (κ3) is 4.27. The van der Waals surface area contributed by atoms with E-state index in [0.29, 0.717) is 16.7 Å². The van der Waals surface area contributed by atoms with E-state index in [0.717, 1.165) is 0 Å². The molecule has 0 aliphatic carbocycles. The molecule has 4 aromatic rings. The van der Waals surface area contributed by atoms with Gasteiger partial charge in [-0.2, -0.15) is 0 Å². The molecule has 0 spiro atoms. The number of aryl methyl sites for hydroxylation is 1. The monoisotopic (exact) mass is 437 g/mol. The van der Waals surface area contributed by atoms with E-state index >= 15 is 0 Å². The zero-order chi connectivity index (χ0) is 22.0. The van der Waals surface area contributed by atoms with Crippen LogP contribution in [-0.4, -0.2) is 18.9 Å². The van der Waals surface area contributed by atoms with E-state index in [4.69, 9.17) is 4.42 Å². The lowest BCUT2D eigenvalue weighted by Crippen LogP contribution is -2.23. The summed E-state index contributed by atoms with van der Waals surface area (Å²) in [6.45, 7) is 0.00518. The van der Waals surface area contributed by atoms with Gasteiger partial charge in [0.15, 0.2) is 0 Å². The molecule has 9 heteroatoms. The Balaban J connectivity index is 1.60. The Kier molecular flexibility index (Phi) is 5.45. The van der Waals surface area contributed by atoms with Crippen LogP contribution in [0.3, 0.4) is 0 Å². The van der Waals surface area contributed by atoms with E-state index in [1.165, 1.54) is 35.1 Å². The van der Waals surface area contributed by atoms with Crippen LogP contribution in [0.15, 0.2) is 87.1 Å².